The zero-order chi connectivity index (χ0) is 8.39. The van der Waals surface area contributed by atoms with Gasteiger partial charge in [-0.25, -0.2) is 19.6 Å². The predicted molar refractivity (Wildman–Crippen MR) is 41.7 cm³/mol. The van der Waals surface area contributed by atoms with E-state index in [1.807, 2.05) is 6.92 Å². The predicted octanol–water partition coefficient (Wildman–Crippen LogP) is 0.366. The van der Waals surface area contributed by atoms with E-state index >= 15 is 0 Å². The van der Waals surface area contributed by atoms with Crippen LogP contribution in [0.5, 0.6) is 0 Å². The van der Waals surface area contributed by atoms with Crippen LogP contribution in [0, 0.1) is 6.92 Å². The Kier molecular flexibility index (Phi) is 1.55. The molecule has 2 aromatic heterocycles. The molecule has 0 amide bonds. The maximum absolute atomic E-state index is 4.16. The molecule has 60 valence electrons. The van der Waals surface area contributed by atoms with Crippen molar-refractivity contribution in [2.75, 3.05) is 0 Å². The van der Waals surface area contributed by atoms with E-state index in [9.17, 15) is 0 Å². The Bertz CT molecular complexity index is 367. The average Bonchev–Trinajstić information content (AvgIpc) is 2.56. The van der Waals surface area contributed by atoms with Crippen molar-refractivity contribution >= 4 is 0 Å². The van der Waals surface area contributed by atoms with Crippen molar-refractivity contribution < 1.29 is 0 Å². The molecule has 5 heteroatoms. The van der Waals surface area contributed by atoms with Crippen molar-refractivity contribution in [1.29, 1.82) is 0 Å². The number of rotatable bonds is 1. The smallest absolute Gasteiger partial charge is 0.158 e. The highest BCUT2D eigenvalue weighted by atomic mass is 15.3. The fraction of sp³-hybridized carbons (Fsp3) is 0.143. The van der Waals surface area contributed by atoms with Gasteiger partial charge in [0.25, 0.3) is 0 Å². The standard InChI is InChI=1S/C7H7N5/c1-6-9-3-2-7(11-6)12-5-8-4-10-12/h2-5H,1H3. The van der Waals surface area contributed by atoms with Gasteiger partial charge in [-0.2, -0.15) is 5.10 Å². The monoisotopic (exact) mass is 161 g/mol. The molecule has 0 N–H and O–H groups in total. The van der Waals surface area contributed by atoms with Crippen LogP contribution in [-0.2, 0) is 0 Å². The van der Waals surface area contributed by atoms with Gasteiger partial charge in [-0.1, -0.05) is 0 Å². The van der Waals surface area contributed by atoms with Crippen LogP contribution in [0.3, 0.4) is 0 Å². The van der Waals surface area contributed by atoms with E-state index in [0.717, 1.165) is 11.6 Å². The molecule has 0 aromatic carbocycles. The summed E-state index contributed by atoms with van der Waals surface area (Å²) in [7, 11) is 0. The maximum atomic E-state index is 4.16. The molecule has 5 nitrogen and oxygen atoms in total. The highest BCUT2D eigenvalue weighted by Crippen LogP contribution is 1.98. The first-order valence-electron chi connectivity index (χ1n) is 3.51. The molecule has 0 saturated heterocycles. The Hall–Kier alpha value is -1.78. The van der Waals surface area contributed by atoms with Gasteiger partial charge in [0.15, 0.2) is 5.82 Å². The van der Waals surface area contributed by atoms with E-state index in [1.54, 1.807) is 23.3 Å². The van der Waals surface area contributed by atoms with E-state index in [4.69, 9.17) is 0 Å². The summed E-state index contributed by atoms with van der Waals surface area (Å²) < 4.78 is 1.59. The molecule has 0 unspecified atom stereocenters. The lowest BCUT2D eigenvalue weighted by Crippen LogP contribution is -1.99. The summed E-state index contributed by atoms with van der Waals surface area (Å²) in [6.07, 6.45) is 4.76. The normalized spacial score (nSPS) is 10.1. The van der Waals surface area contributed by atoms with Crippen molar-refractivity contribution in [2.45, 2.75) is 6.92 Å². The molecular formula is C7H7N5. The molecule has 0 saturated carbocycles. The lowest BCUT2D eigenvalue weighted by Gasteiger charge is -1.97. The second kappa shape index (κ2) is 2.69. The van der Waals surface area contributed by atoms with Gasteiger partial charge in [-0.15, -0.1) is 0 Å². The molecule has 12 heavy (non-hydrogen) atoms. The summed E-state index contributed by atoms with van der Waals surface area (Å²) in [6, 6.07) is 1.78. The fourth-order valence-electron chi connectivity index (χ4n) is 0.898. The quantitative estimate of drug-likeness (QED) is 0.606. The molecule has 0 aliphatic heterocycles. The average molecular weight is 161 g/mol. The summed E-state index contributed by atoms with van der Waals surface area (Å²) in [4.78, 5) is 12.0. The first-order valence-corrected chi connectivity index (χ1v) is 3.51. The summed E-state index contributed by atoms with van der Waals surface area (Å²) in [5, 5.41) is 3.94. The Morgan fingerprint density at radius 1 is 1.42 bits per heavy atom. The summed E-state index contributed by atoms with van der Waals surface area (Å²) in [6.45, 7) is 1.83. The zero-order valence-electron chi connectivity index (χ0n) is 6.55. The van der Waals surface area contributed by atoms with Crippen molar-refractivity contribution in [1.82, 2.24) is 24.7 Å². The minimum atomic E-state index is 0.725. The molecular weight excluding hydrogens is 154 g/mol. The van der Waals surface area contributed by atoms with Crippen LogP contribution in [0.25, 0.3) is 5.82 Å². The highest BCUT2D eigenvalue weighted by Gasteiger charge is 1.97. The Balaban J connectivity index is 2.48. The number of hydrogen-bond donors (Lipinski definition) is 0. The van der Waals surface area contributed by atoms with E-state index in [2.05, 4.69) is 20.1 Å². The second-order valence-corrected chi connectivity index (χ2v) is 2.30. The van der Waals surface area contributed by atoms with E-state index in [-0.39, 0.29) is 0 Å². The van der Waals surface area contributed by atoms with Gasteiger partial charge in [0.2, 0.25) is 0 Å². The summed E-state index contributed by atoms with van der Waals surface area (Å²) >= 11 is 0. The summed E-state index contributed by atoms with van der Waals surface area (Å²) in [5.41, 5.74) is 0. The van der Waals surface area contributed by atoms with Crippen LogP contribution >= 0.6 is 0 Å². The minimum Gasteiger partial charge on any atom is -0.242 e. The van der Waals surface area contributed by atoms with Gasteiger partial charge in [-0.3, -0.25) is 0 Å². The molecule has 0 spiro atoms. The van der Waals surface area contributed by atoms with Crippen molar-refractivity contribution in [2.24, 2.45) is 0 Å². The van der Waals surface area contributed by atoms with Gasteiger partial charge in [-0.05, 0) is 6.92 Å². The number of nitrogens with zero attached hydrogens (tertiary/aromatic N) is 5. The van der Waals surface area contributed by atoms with Gasteiger partial charge in [0.05, 0.1) is 0 Å². The van der Waals surface area contributed by atoms with Crippen LogP contribution in [0.15, 0.2) is 24.9 Å². The van der Waals surface area contributed by atoms with Crippen LogP contribution in [-0.4, -0.2) is 24.7 Å². The number of aromatic nitrogens is 5. The molecule has 0 aliphatic rings. The minimum absolute atomic E-state index is 0.725. The Morgan fingerprint density at radius 3 is 3.00 bits per heavy atom. The van der Waals surface area contributed by atoms with Crippen molar-refractivity contribution in [3.8, 4) is 5.82 Å². The molecule has 0 radical (unpaired) electrons. The third-order valence-electron chi connectivity index (χ3n) is 1.41. The van der Waals surface area contributed by atoms with Crippen molar-refractivity contribution in [3.63, 3.8) is 0 Å². The topological polar surface area (TPSA) is 56.5 Å². The number of aryl methyl sites for hydroxylation is 1. The molecule has 0 aliphatic carbocycles. The first kappa shape index (κ1) is 6.90. The largest absolute Gasteiger partial charge is 0.242 e. The maximum Gasteiger partial charge on any atom is 0.158 e. The van der Waals surface area contributed by atoms with E-state index < -0.39 is 0 Å². The zero-order valence-corrected chi connectivity index (χ0v) is 6.55. The lowest BCUT2D eigenvalue weighted by molar-refractivity contribution is 0.827. The Labute approximate surface area is 69.1 Å². The molecule has 2 aromatic rings. The summed E-state index contributed by atoms with van der Waals surface area (Å²) in [5.74, 6) is 1.46. The van der Waals surface area contributed by atoms with Gasteiger partial charge >= 0.3 is 0 Å². The van der Waals surface area contributed by atoms with Gasteiger partial charge in [0, 0.05) is 12.3 Å². The van der Waals surface area contributed by atoms with Gasteiger partial charge in [0.1, 0.15) is 18.5 Å². The number of hydrogen-bond acceptors (Lipinski definition) is 4. The van der Waals surface area contributed by atoms with Crippen LogP contribution < -0.4 is 0 Å². The second-order valence-electron chi connectivity index (χ2n) is 2.30. The molecule has 0 fully saturated rings. The molecule has 2 rings (SSSR count). The molecule has 0 atom stereocenters. The van der Waals surface area contributed by atoms with Crippen LogP contribution in [0.4, 0.5) is 0 Å². The van der Waals surface area contributed by atoms with Crippen LogP contribution in [0.1, 0.15) is 5.82 Å². The fourth-order valence-corrected chi connectivity index (χ4v) is 0.898. The van der Waals surface area contributed by atoms with Crippen LogP contribution in [0.2, 0.25) is 0 Å². The van der Waals surface area contributed by atoms with E-state index in [0.29, 0.717) is 0 Å². The molecule has 2 heterocycles. The highest BCUT2D eigenvalue weighted by molar-refractivity contribution is 5.17. The molecule has 0 bridgehead atoms. The lowest BCUT2D eigenvalue weighted by atomic mass is 10.5. The first-order chi connectivity index (χ1) is 5.86. The van der Waals surface area contributed by atoms with Gasteiger partial charge < -0.3 is 0 Å². The third kappa shape index (κ3) is 1.16. The Morgan fingerprint density at radius 2 is 2.33 bits per heavy atom. The van der Waals surface area contributed by atoms with E-state index in [1.165, 1.54) is 6.33 Å². The van der Waals surface area contributed by atoms with Crippen molar-refractivity contribution in [3.05, 3.63) is 30.7 Å². The third-order valence-corrected chi connectivity index (χ3v) is 1.41. The SMILES string of the molecule is Cc1nccc(-n2cncn2)n1.